The van der Waals surface area contributed by atoms with Crippen LogP contribution in [-0.4, -0.2) is 13.0 Å². The van der Waals surface area contributed by atoms with Crippen LogP contribution in [-0.2, 0) is 4.79 Å². The van der Waals surface area contributed by atoms with E-state index in [1.165, 1.54) is 19.3 Å². The van der Waals surface area contributed by atoms with Crippen LogP contribution in [0.1, 0.15) is 46.0 Å². The van der Waals surface area contributed by atoms with Crippen LogP contribution in [0.2, 0.25) is 0 Å². The molecule has 0 aromatic heterocycles. The van der Waals surface area contributed by atoms with Gasteiger partial charge < -0.3 is 5.32 Å². The molecule has 2 fully saturated rings. The van der Waals surface area contributed by atoms with Crippen molar-refractivity contribution in [3.05, 3.63) is 0 Å². The maximum atomic E-state index is 11.9. The van der Waals surface area contributed by atoms with E-state index in [4.69, 9.17) is 0 Å². The van der Waals surface area contributed by atoms with Crippen LogP contribution in [0.25, 0.3) is 0 Å². The number of nitrogens with one attached hydrogen (secondary N) is 1. The van der Waals surface area contributed by atoms with Crippen LogP contribution in [0.5, 0.6) is 0 Å². The molecule has 0 aromatic rings. The largest absolute Gasteiger partial charge is 0.359 e. The highest BCUT2D eigenvalue weighted by atomic mass is 16.2. The predicted octanol–water partition coefficient (Wildman–Crippen LogP) is 2.58. The first-order valence-corrected chi connectivity index (χ1v) is 6.25. The number of fused-ring (bicyclic) bond motifs is 2. The minimum absolute atomic E-state index is 0.0809. The van der Waals surface area contributed by atoms with Gasteiger partial charge in [0.15, 0.2) is 0 Å². The van der Waals surface area contributed by atoms with Crippen molar-refractivity contribution in [3.63, 3.8) is 0 Å². The molecule has 86 valence electrons. The Balaban J connectivity index is 2.10. The molecule has 2 aliphatic rings. The molecule has 2 heteroatoms. The number of hydrogen-bond donors (Lipinski definition) is 1. The molecule has 2 saturated carbocycles. The summed E-state index contributed by atoms with van der Waals surface area (Å²) in [6.45, 7) is 4.52. The lowest BCUT2D eigenvalue weighted by Crippen LogP contribution is -2.45. The lowest BCUT2D eigenvalue weighted by molar-refractivity contribution is -0.134. The fourth-order valence-corrected chi connectivity index (χ4v) is 4.08. The summed E-state index contributed by atoms with van der Waals surface area (Å²) in [5.74, 6) is 2.74. The van der Waals surface area contributed by atoms with Crippen LogP contribution < -0.4 is 5.32 Å². The van der Waals surface area contributed by atoms with Crippen molar-refractivity contribution in [2.24, 2.45) is 23.2 Å². The van der Waals surface area contributed by atoms with E-state index >= 15 is 0 Å². The van der Waals surface area contributed by atoms with Gasteiger partial charge in [0.05, 0.1) is 0 Å². The van der Waals surface area contributed by atoms with Crippen LogP contribution in [0.15, 0.2) is 0 Å². The molecule has 2 aliphatic carbocycles. The van der Waals surface area contributed by atoms with Crippen molar-refractivity contribution < 1.29 is 4.79 Å². The molecule has 2 nitrogen and oxygen atoms in total. The Morgan fingerprint density at radius 2 is 1.73 bits per heavy atom. The fourth-order valence-electron chi connectivity index (χ4n) is 4.08. The van der Waals surface area contributed by atoms with E-state index in [1.54, 1.807) is 7.05 Å². The number of carbonyl (C=O) groups excluding carboxylic acids is 1. The highest BCUT2D eigenvalue weighted by Crippen LogP contribution is 2.50. The Labute approximate surface area is 92.8 Å². The quantitative estimate of drug-likeness (QED) is 0.706. The van der Waals surface area contributed by atoms with E-state index in [-0.39, 0.29) is 11.3 Å². The molecule has 2 bridgehead atoms. The zero-order valence-electron chi connectivity index (χ0n) is 10.2. The zero-order valence-corrected chi connectivity index (χ0v) is 10.2. The molecule has 0 aromatic carbocycles. The first-order chi connectivity index (χ1) is 7.03. The highest BCUT2D eigenvalue weighted by Gasteiger charge is 2.44. The summed E-state index contributed by atoms with van der Waals surface area (Å²) >= 11 is 0. The Bertz CT molecular complexity index is 243. The van der Waals surface area contributed by atoms with Crippen molar-refractivity contribution in [1.29, 1.82) is 0 Å². The average molecular weight is 209 g/mol. The van der Waals surface area contributed by atoms with Gasteiger partial charge in [0, 0.05) is 12.5 Å². The van der Waals surface area contributed by atoms with Gasteiger partial charge in [-0.2, -0.15) is 0 Å². The molecule has 0 spiro atoms. The van der Waals surface area contributed by atoms with Crippen LogP contribution >= 0.6 is 0 Å². The van der Waals surface area contributed by atoms with Gasteiger partial charge in [-0.3, -0.25) is 4.79 Å². The zero-order chi connectivity index (χ0) is 11.1. The maximum absolute atomic E-state index is 11.9. The van der Waals surface area contributed by atoms with Gasteiger partial charge in [-0.1, -0.05) is 13.8 Å². The number of hydrogen-bond acceptors (Lipinski definition) is 1. The lowest BCUT2D eigenvalue weighted by atomic mass is 9.59. The minimum Gasteiger partial charge on any atom is -0.359 e. The molecule has 0 aliphatic heterocycles. The van der Waals surface area contributed by atoms with Crippen LogP contribution in [0.3, 0.4) is 0 Å². The Hall–Kier alpha value is -0.530. The summed E-state index contributed by atoms with van der Waals surface area (Å²) < 4.78 is 0. The van der Waals surface area contributed by atoms with Crippen molar-refractivity contribution in [3.8, 4) is 0 Å². The lowest BCUT2D eigenvalue weighted by Gasteiger charge is -2.46. The number of rotatable bonds is 1. The molecule has 0 saturated heterocycles. The molecular weight excluding hydrogens is 186 g/mol. The van der Waals surface area contributed by atoms with E-state index in [0.717, 1.165) is 30.6 Å². The van der Waals surface area contributed by atoms with E-state index in [2.05, 4.69) is 19.2 Å². The van der Waals surface area contributed by atoms with Gasteiger partial charge in [0.2, 0.25) is 5.91 Å². The second-order valence-corrected chi connectivity index (χ2v) is 6.09. The molecule has 1 N–H and O–H groups in total. The standard InChI is InChI=1S/C13H23NO/c1-9-4-10-6-11(5-9)8-13(2,7-10)12(15)14-3/h9-11H,4-8H2,1-3H3,(H,14,15). The first kappa shape index (κ1) is 11.0. The summed E-state index contributed by atoms with van der Waals surface area (Å²) in [5.41, 5.74) is -0.0809. The van der Waals surface area contributed by atoms with Gasteiger partial charge in [-0.25, -0.2) is 0 Å². The number of carbonyl (C=O) groups is 1. The molecule has 2 unspecified atom stereocenters. The molecule has 0 radical (unpaired) electrons. The van der Waals surface area contributed by atoms with E-state index < -0.39 is 0 Å². The average Bonchev–Trinajstić information content (AvgIpc) is 2.14. The third-order valence-corrected chi connectivity index (χ3v) is 4.39. The van der Waals surface area contributed by atoms with E-state index in [9.17, 15) is 4.79 Å². The molecule has 0 heterocycles. The third kappa shape index (κ3) is 2.04. The monoisotopic (exact) mass is 209 g/mol. The predicted molar refractivity (Wildman–Crippen MR) is 61.4 cm³/mol. The van der Waals surface area contributed by atoms with Gasteiger partial charge >= 0.3 is 0 Å². The fraction of sp³-hybridized carbons (Fsp3) is 0.923. The van der Waals surface area contributed by atoms with Gasteiger partial charge in [0.25, 0.3) is 0 Å². The summed E-state index contributed by atoms with van der Waals surface area (Å²) in [6, 6.07) is 0. The second-order valence-electron chi connectivity index (χ2n) is 6.09. The van der Waals surface area contributed by atoms with Crippen molar-refractivity contribution in [1.82, 2.24) is 5.32 Å². The van der Waals surface area contributed by atoms with Crippen molar-refractivity contribution >= 4 is 5.91 Å². The Morgan fingerprint density at radius 3 is 2.20 bits per heavy atom. The highest BCUT2D eigenvalue weighted by molar-refractivity contribution is 5.82. The summed E-state index contributed by atoms with van der Waals surface area (Å²) in [7, 11) is 1.76. The molecule has 1 amide bonds. The SMILES string of the molecule is CNC(=O)C1(C)CC2CC(C)CC(C2)C1. The van der Waals surface area contributed by atoms with Gasteiger partial charge in [-0.15, -0.1) is 0 Å². The van der Waals surface area contributed by atoms with Crippen molar-refractivity contribution in [2.75, 3.05) is 7.05 Å². The Kier molecular flexibility index (Phi) is 2.78. The molecule has 15 heavy (non-hydrogen) atoms. The normalized spacial score (nSPS) is 44.9. The smallest absolute Gasteiger partial charge is 0.225 e. The Morgan fingerprint density at radius 1 is 1.20 bits per heavy atom. The molecular formula is C13H23NO. The van der Waals surface area contributed by atoms with E-state index in [1.807, 2.05) is 0 Å². The second kappa shape index (κ2) is 3.80. The summed E-state index contributed by atoms with van der Waals surface area (Å²) in [6.07, 6.45) is 6.25. The summed E-state index contributed by atoms with van der Waals surface area (Å²) in [4.78, 5) is 11.9. The van der Waals surface area contributed by atoms with Gasteiger partial charge in [0.1, 0.15) is 0 Å². The first-order valence-electron chi connectivity index (χ1n) is 6.25. The molecule has 2 rings (SSSR count). The molecule has 2 atom stereocenters. The summed E-state index contributed by atoms with van der Waals surface area (Å²) in [5, 5.41) is 2.84. The van der Waals surface area contributed by atoms with Crippen LogP contribution in [0.4, 0.5) is 0 Å². The van der Waals surface area contributed by atoms with Gasteiger partial charge in [-0.05, 0) is 49.9 Å². The van der Waals surface area contributed by atoms with E-state index in [0.29, 0.717) is 0 Å². The maximum Gasteiger partial charge on any atom is 0.225 e. The third-order valence-electron chi connectivity index (χ3n) is 4.39. The topological polar surface area (TPSA) is 29.1 Å². The minimum atomic E-state index is -0.0809. The van der Waals surface area contributed by atoms with Crippen LogP contribution in [0, 0.1) is 23.2 Å². The van der Waals surface area contributed by atoms with Crippen molar-refractivity contribution in [2.45, 2.75) is 46.0 Å². The number of amides is 1.